The minimum absolute atomic E-state index is 0.187. The molecule has 1 fully saturated rings. The van der Waals surface area contributed by atoms with Gasteiger partial charge >= 0.3 is 6.09 Å². The molecule has 1 aromatic carbocycles. The number of likely N-dealkylation sites (tertiary alicyclic amines) is 1. The second kappa shape index (κ2) is 7.87. The number of amides is 2. The average Bonchev–Trinajstić information content (AvgIpc) is 2.59. The highest BCUT2D eigenvalue weighted by Gasteiger charge is 2.28. The first kappa shape index (κ1) is 19.2. The van der Waals surface area contributed by atoms with Crippen LogP contribution in [-0.2, 0) is 9.57 Å². The molecule has 6 nitrogen and oxygen atoms in total. The van der Waals surface area contributed by atoms with Crippen molar-refractivity contribution in [2.45, 2.75) is 45.1 Å². The lowest BCUT2D eigenvalue weighted by atomic mass is 9.90. The van der Waals surface area contributed by atoms with Crippen molar-refractivity contribution in [3.05, 3.63) is 35.4 Å². The minimum Gasteiger partial charge on any atom is -0.444 e. The zero-order chi connectivity index (χ0) is 18.6. The maximum atomic E-state index is 12.3. The summed E-state index contributed by atoms with van der Waals surface area (Å²) in [5, 5.41) is 1.19. The number of ether oxygens (including phenoxy) is 1. The van der Waals surface area contributed by atoms with Crippen LogP contribution in [0.3, 0.4) is 0 Å². The number of carbonyl (C=O) groups excluding carboxylic acids is 2. The third kappa shape index (κ3) is 5.19. The van der Waals surface area contributed by atoms with Crippen LogP contribution >= 0.6 is 0 Å². The summed E-state index contributed by atoms with van der Waals surface area (Å²) in [6, 6.07) is 7.53. The fourth-order valence-corrected chi connectivity index (χ4v) is 2.90. The molecule has 0 bridgehead atoms. The van der Waals surface area contributed by atoms with Gasteiger partial charge < -0.3 is 9.64 Å². The number of carbonyl (C=O) groups is 2. The highest BCUT2D eigenvalue weighted by Crippen LogP contribution is 2.28. The maximum Gasteiger partial charge on any atom is 0.410 e. The van der Waals surface area contributed by atoms with E-state index in [4.69, 9.17) is 9.57 Å². The Balaban J connectivity index is 2.04. The molecule has 0 radical (unpaired) electrons. The number of rotatable bonds is 3. The van der Waals surface area contributed by atoms with Crippen LogP contribution in [0.25, 0.3) is 0 Å². The molecule has 138 valence electrons. The molecule has 2 rings (SSSR count). The number of benzene rings is 1. The summed E-state index contributed by atoms with van der Waals surface area (Å²) in [6.45, 7) is 6.98. The summed E-state index contributed by atoms with van der Waals surface area (Å²) < 4.78 is 5.47. The van der Waals surface area contributed by atoms with Gasteiger partial charge in [-0.25, -0.2) is 9.86 Å². The largest absolute Gasteiger partial charge is 0.444 e. The lowest BCUT2D eigenvalue weighted by Crippen LogP contribution is -2.42. The van der Waals surface area contributed by atoms with E-state index in [1.807, 2.05) is 32.9 Å². The fourth-order valence-electron chi connectivity index (χ4n) is 2.90. The molecule has 1 heterocycles. The van der Waals surface area contributed by atoms with Gasteiger partial charge in [-0.05, 0) is 51.3 Å². The normalized spacial score (nSPS) is 18.0. The maximum absolute atomic E-state index is 12.3. The van der Waals surface area contributed by atoms with Gasteiger partial charge in [-0.3, -0.25) is 9.63 Å². The second-order valence-corrected chi connectivity index (χ2v) is 7.37. The summed E-state index contributed by atoms with van der Waals surface area (Å²) in [5.74, 6) is 0.0682. The van der Waals surface area contributed by atoms with Crippen LogP contribution < -0.4 is 0 Å². The van der Waals surface area contributed by atoms with Crippen molar-refractivity contribution in [2.75, 3.05) is 27.2 Å². The molecule has 0 saturated carbocycles. The third-order valence-corrected chi connectivity index (χ3v) is 4.26. The molecular formula is C19H28N2O4. The second-order valence-electron chi connectivity index (χ2n) is 7.37. The number of piperidine rings is 1. The Labute approximate surface area is 149 Å². The van der Waals surface area contributed by atoms with Crippen LogP contribution in [0.1, 0.15) is 55.5 Å². The molecular weight excluding hydrogens is 320 g/mol. The van der Waals surface area contributed by atoms with Crippen molar-refractivity contribution in [1.29, 1.82) is 0 Å². The van der Waals surface area contributed by atoms with Crippen molar-refractivity contribution >= 4 is 12.0 Å². The zero-order valence-electron chi connectivity index (χ0n) is 15.7. The lowest BCUT2D eigenvalue weighted by molar-refractivity contribution is -0.0757. The van der Waals surface area contributed by atoms with E-state index in [-0.39, 0.29) is 17.9 Å². The number of nitrogens with zero attached hydrogens (tertiary/aromatic N) is 2. The Bertz CT molecular complexity index is 607. The molecule has 0 aliphatic carbocycles. The van der Waals surface area contributed by atoms with Gasteiger partial charge in [-0.1, -0.05) is 12.1 Å². The van der Waals surface area contributed by atoms with Crippen LogP contribution in [0.5, 0.6) is 0 Å². The molecule has 1 atom stereocenters. The molecule has 1 aromatic rings. The van der Waals surface area contributed by atoms with Gasteiger partial charge in [0.2, 0.25) is 0 Å². The lowest BCUT2D eigenvalue weighted by Gasteiger charge is -2.34. The Hall–Kier alpha value is -2.08. The average molecular weight is 348 g/mol. The van der Waals surface area contributed by atoms with Gasteiger partial charge in [0.15, 0.2) is 0 Å². The van der Waals surface area contributed by atoms with Crippen molar-refractivity contribution in [2.24, 2.45) is 0 Å². The monoisotopic (exact) mass is 348 g/mol. The Morgan fingerprint density at radius 1 is 1.20 bits per heavy atom. The molecule has 0 spiro atoms. The van der Waals surface area contributed by atoms with E-state index in [0.717, 1.165) is 24.9 Å². The van der Waals surface area contributed by atoms with Gasteiger partial charge in [-0.15, -0.1) is 0 Å². The van der Waals surface area contributed by atoms with Crippen LogP contribution in [0.2, 0.25) is 0 Å². The van der Waals surface area contributed by atoms with Crippen LogP contribution in [-0.4, -0.2) is 54.8 Å². The number of hydrogen-bond donors (Lipinski definition) is 0. The first-order chi connectivity index (χ1) is 11.7. The smallest absolute Gasteiger partial charge is 0.410 e. The highest BCUT2D eigenvalue weighted by molar-refractivity contribution is 5.93. The molecule has 1 saturated heterocycles. The van der Waals surface area contributed by atoms with Crippen molar-refractivity contribution in [1.82, 2.24) is 9.96 Å². The first-order valence-electron chi connectivity index (χ1n) is 8.61. The summed E-state index contributed by atoms with van der Waals surface area (Å²) in [4.78, 5) is 31.0. The zero-order valence-corrected chi connectivity index (χ0v) is 15.7. The SMILES string of the molecule is CON(C)C(=O)c1ccc(C2CCCN(C(=O)OC(C)(C)C)C2)cc1. The summed E-state index contributed by atoms with van der Waals surface area (Å²) in [6.07, 6.45) is 1.70. The minimum atomic E-state index is -0.487. The van der Waals surface area contributed by atoms with E-state index >= 15 is 0 Å². The quantitative estimate of drug-likeness (QED) is 0.785. The third-order valence-electron chi connectivity index (χ3n) is 4.26. The Kier molecular flexibility index (Phi) is 6.06. The molecule has 6 heteroatoms. The van der Waals surface area contributed by atoms with Crippen LogP contribution in [0.4, 0.5) is 4.79 Å². The molecule has 2 amide bonds. The predicted molar refractivity (Wildman–Crippen MR) is 95.3 cm³/mol. The molecule has 0 aromatic heterocycles. The number of hydrogen-bond acceptors (Lipinski definition) is 4. The predicted octanol–water partition coefficient (Wildman–Crippen LogP) is 3.43. The van der Waals surface area contributed by atoms with E-state index in [2.05, 4.69) is 0 Å². The van der Waals surface area contributed by atoms with Gasteiger partial charge in [0.05, 0.1) is 7.11 Å². The van der Waals surface area contributed by atoms with Crippen LogP contribution in [0.15, 0.2) is 24.3 Å². The number of hydroxylamine groups is 2. The van der Waals surface area contributed by atoms with E-state index in [0.29, 0.717) is 12.1 Å². The van der Waals surface area contributed by atoms with Crippen molar-refractivity contribution in [3.63, 3.8) is 0 Å². The molecule has 1 unspecified atom stereocenters. The van der Waals surface area contributed by atoms with Gasteiger partial charge in [0.25, 0.3) is 5.91 Å². The van der Waals surface area contributed by atoms with E-state index < -0.39 is 5.60 Å². The van der Waals surface area contributed by atoms with Gasteiger partial charge in [0, 0.05) is 31.6 Å². The van der Waals surface area contributed by atoms with Gasteiger partial charge in [0.1, 0.15) is 5.60 Å². The fraction of sp³-hybridized carbons (Fsp3) is 0.579. The Morgan fingerprint density at radius 2 is 1.84 bits per heavy atom. The Morgan fingerprint density at radius 3 is 2.40 bits per heavy atom. The standard InChI is InChI=1S/C19H28N2O4/c1-19(2,3)25-18(23)21-12-6-7-16(13-21)14-8-10-15(11-9-14)17(22)20(4)24-5/h8-11,16H,6-7,12-13H2,1-5H3. The van der Waals surface area contributed by atoms with Crippen molar-refractivity contribution in [3.8, 4) is 0 Å². The van der Waals surface area contributed by atoms with E-state index in [1.54, 1.807) is 24.1 Å². The highest BCUT2D eigenvalue weighted by atomic mass is 16.7. The van der Waals surface area contributed by atoms with Crippen molar-refractivity contribution < 1.29 is 19.2 Å². The van der Waals surface area contributed by atoms with Gasteiger partial charge in [-0.2, -0.15) is 0 Å². The van der Waals surface area contributed by atoms with E-state index in [9.17, 15) is 9.59 Å². The molecule has 1 aliphatic rings. The van der Waals surface area contributed by atoms with E-state index in [1.165, 1.54) is 12.2 Å². The summed E-state index contributed by atoms with van der Waals surface area (Å²) in [5.41, 5.74) is 1.22. The topological polar surface area (TPSA) is 59.1 Å². The molecule has 0 N–H and O–H groups in total. The summed E-state index contributed by atoms with van der Waals surface area (Å²) in [7, 11) is 3.04. The summed E-state index contributed by atoms with van der Waals surface area (Å²) >= 11 is 0. The molecule has 25 heavy (non-hydrogen) atoms. The first-order valence-corrected chi connectivity index (χ1v) is 8.61. The molecule has 1 aliphatic heterocycles. The van der Waals surface area contributed by atoms with Crippen LogP contribution in [0, 0.1) is 0 Å².